The molecule has 5 fully saturated rings. The Morgan fingerprint density at radius 1 is 1.00 bits per heavy atom. The van der Waals surface area contributed by atoms with Crippen molar-refractivity contribution >= 4 is 11.9 Å². The molecule has 0 aromatic heterocycles. The van der Waals surface area contributed by atoms with Gasteiger partial charge in [0.2, 0.25) is 0 Å². The number of carbonyl (C=O) groups is 2. The molecule has 1 aliphatic heterocycles. The van der Waals surface area contributed by atoms with Crippen LogP contribution in [-0.2, 0) is 23.8 Å². The Balaban J connectivity index is 1.37. The average molecular weight is 519 g/mol. The van der Waals surface area contributed by atoms with E-state index < -0.39 is 0 Å². The van der Waals surface area contributed by atoms with Gasteiger partial charge in [-0.1, -0.05) is 33.6 Å². The number of aliphatic hydroxyl groups is 1. The fraction of sp³-hybridized carbons (Fsp3) is 0.935. The molecule has 0 amide bonds. The fourth-order valence-corrected chi connectivity index (χ4v) is 10.1. The number of rotatable bonds is 7. The number of ether oxygens (including phenoxy) is 3. The predicted molar refractivity (Wildman–Crippen MR) is 140 cm³/mol. The van der Waals surface area contributed by atoms with Gasteiger partial charge in [-0.2, -0.15) is 0 Å². The Morgan fingerprint density at radius 3 is 2.38 bits per heavy atom. The molecule has 4 saturated carbocycles. The van der Waals surface area contributed by atoms with Gasteiger partial charge in [0.1, 0.15) is 12.2 Å². The van der Waals surface area contributed by atoms with Crippen LogP contribution in [0.1, 0.15) is 98.8 Å². The summed E-state index contributed by atoms with van der Waals surface area (Å²) in [6.07, 6.45) is 9.89. The smallest absolute Gasteiger partial charge is 0.302 e. The zero-order valence-corrected chi connectivity index (χ0v) is 23.7. The van der Waals surface area contributed by atoms with Crippen LogP contribution in [0.25, 0.3) is 0 Å². The van der Waals surface area contributed by atoms with Gasteiger partial charge >= 0.3 is 11.9 Å². The summed E-state index contributed by atoms with van der Waals surface area (Å²) in [7, 11) is 0. The third kappa shape index (κ3) is 4.88. The normalized spacial score (nSPS) is 46.1. The van der Waals surface area contributed by atoms with E-state index in [4.69, 9.17) is 14.2 Å². The van der Waals surface area contributed by atoms with Crippen molar-refractivity contribution in [1.82, 2.24) is 0 Å². The molecule has 1 N–H and O–H groups in total. The Morgan fingerprint density at radius 2 is 1.73 bits per heavy atom. The average Bonchev–Trinajstić information content (AvgIpc) is 3.15. The number of aliphatic hydroxyl groups excluding tert-OH is 1. The molecule has 6 nitrogen and oxygen atoms in total. The van der Waals surface area contributed by atoms with Crippen LogP contribution in [-0.4, -0.2) is 48.6 Å². The van der Waals surface area contributed by atoms with Crippen LogP contribution < -0.4 is 0 Å². The molecule has 11 atom stereocenters. The third-order valence-electron chi connectivity index (χ3n) is 12.1. The molecule has 5 rings (SSSR count). The highest BCUT2D eigenvalue weighted by Gasteiger charge is 2.66. The van der Waals surface area contributed by atoms with Crippen molar-refractivity contribution in [2.24, 2.45) is 52.3 Å². The lowest BCUT2D eigenvalue weighted by Crippen LogP contribution is -2.63. The Labute approximate surface area is 223 Å². The number of fused-ring (bicyclic) bond motifs is 5. The minimum Gasteiger partial charge on any atom is -0.463 e. The van der Waals surface area contributed by atoms with Crippen LogP contribution in [0.5, 0.6) is 0 Å². The highest BCUT2D eigenvalue weighted by Crippen LogP contribution is 2.68. The van der Waals surface area contributed by atoms with Crippen molar-refractivity contribution in [3.8, 4) is 0 Å². The molecule has 0 unspecified atom stereocenters. The molecule has 210 valence electrons. The lowest BCUT2D eigenvalue weighted by Gasteiger charge is -2.64. The van der Waals surface area contributed by atoms with Gasteiger partial charge in [-0.15, -0.1) is 0 Å². The predicted octanol–water partition coefficient (Wildman–Crippen LogP) is 5.54. The summed E-state index contributed by atoms with van der Waals surface area (Å²) in [5, 5.41) is 11.9. The molecular weight excluding hydrogens is 468 g/mol. The van der Waals surface area contributed by atoms with E-state index in [0.717, 1.165) is 64.1 Å². The first-order chi connectivity index (χ1) is 17.5. The zero-order chi connectivity index (χ0) is 26.5. The van der Waals surface area contributed by atoms with Gasteiger partial charge in [0.15, 0.2) is 0 Å². The minimum absolute atomic E-state index is 0.0490. The Bertz CT molecular complexity index is 855. The molecule has 6 heteroatoms. The lowest BCUT2D eigenvalue weighted by atomic mass is 9.43. The molecule has 5 aliphatic rings. The summed E-state index contributed by atoms with van der Waals surface area (Å²) in [6, 6.07) is 0. The van der Waals surface area contributed by atoms with Gasteiger partial charge in [0.05, 0.1) is 19.3 Å². The van der Waals surface area contributed by atoms with Crippen LogP contribution in [0.3, 0.4) is 0 Å². The topological polar surface area (TPSA) is 82.1 Å². The zero-order valence-electron chi connectivity index (χ0n) is 23.7. The number of hydrogen-bond donors (Lipinski definition) is 1. The van der Waals surface area contributed by atoms with Crippen molar-refractivity contribution in [2.45, 2.75) is 117 Å². The molecule has 1 saturated heterocycles. The first-order valence-corrected chi connectivity index (χ1v) is 15.1. The first kappa shape index (κ1) is 27.4. The van der Waals surface area contributed by atoms with E-state index in [9.17, 15) is 14.7 Å². The molecule has 0 aromatic rings. The van der Waals surface area contributed by atoms with Crippen molar-refractivity contribution in [3.05, 3.63) is 0 Å². The second kappa shape index (κ2) is 10.4. The van der Waals surface area contributed by atoms with E-state index in [1.165, 1.54) is 33.1 Å². The third-order valence-corrected chi connectivity index (χ3v) is 12.1. The van der Waals surface area contributed by atoms with E-state index in [1.54, 1.807) is 0 Å². The maximum Gasteiger partial charge on any atom is 0.302 e. The largest absolute Gasteiger partial charge is 0.463 e. The summed E-state index contributed by atoms with van der Waals surface area (Å²) in [4.78, 5) is 24.0. The maximum absolute atomic E-state index is 12.3. The highest BCUT2D eigenvalue weighted by molar-refractivity contribution is 5.66. The van der Waals surface area contributed by atoms with Gasteiger partial charge in [-0.05, 0) is 91.8 Å². The van der Waals surface area contributed by atoms with E-state index >= 15 is 0 Å². The standard InChI is InChI=1S/C31H50O6/c1-18(7-6-8-21-16-35-17-21)24-9-10-25-29-26(15-28(34)31(24,25)5)30(4)12-11-23(36-19(2)32)13-22(30)14-27(29)37-20(3)33/h18,21-29,34H,6-17H2,1-5H3/t18-,22+,23-,24-,25+,26+,27-,28+,29+,30+,31-/m1/s1. The molecular formula is C31H50O6. The first-order valence-electron chi connectivity index (χ1n) is 15.1. The van der Waals surface area contributed by atoms with Gasteiger partial charge in [0.25, 0.3) is 0 Å². The van der Waals surface area contributed by atoms with E-state index in [0.29, 0.717) is 35.5 Å². The van der Waals surface area contributed by atoms with Gasteiger partial charge in [-0.25, -0.2) is 0 Å². The quantitative estimate of drug-likeness (QED) is 0.446. The van der Waals surface area contributed by atoms with Crippen LogP contribution in [0.4, 0.5) is 0 Å². The second-order valence-corrected chi connectivity index (χ2v) is 14.0. The SMILES string of the molecule is CC(=O)O[C@@H]1CC[C@@]2(C)[C@@H](C1)C[C@@H](OC(C)=O)[C@@H]1[C@@H]2C[C@H](O)[C@]2(C)[C@@H]([C@H](C)CCCC3COC3)CC[C@@H]12. The molecule has 0 radical (unpaired) electrons. The van der Waals surface area contributed by atoms with Crippen LogP contribution in [0, 0.1) is 52.3 Å². The van der Waals surface area contributed by atoms with E-state index in [2.05, 4.69) is 20.8 Å². The van der Waals surface area contributed by atoms with Gasteiger partial charge < -0.3 is 19.3 Å². The van der Waals surface area contributed by atoms with E-state index in [-0.39, 0.29) is 41.1 Å². The number of carbonyl (C=O) groups excluding carboxylic acids is 2. The summed E-state index contributed by atoms with van der Waals surface area (Å²) in [6.45, 7) is 12.1. The van der Waals surface area contributed by atoms with Crippen LogP contribution in [0.2, 0.25) is 0 Å². The summed E-state index contributed by atoms with van der Waals surface area (Å²) in [5.41, 5.74) is -0.0501. The minimum atomic E-state index is -0.325. The van der Waals surface area contributed by atoms with Crippen LogP contribution >= 0.6 is 0 Å². The molecule has 4 aliphatic carbocycles. The lowest BCUT2D eigenvalue weighted by molar-refractivity contribution is -0.218. The van der Waals surface area contributed by atoms with Gasteiger partial charge in [-0.3, -0.25) is 9.59 Å². The molecule has 0 bridgehead atoms. The fourth-order valence-electron chi connectivity index (χ4n) is 10.1. The highest BCUT2D eigenvalue weighted by atomic mass is 16.5. The van der Waals surface area contributed by atoms with Crippen molar-refractivity contribution in [3.63, 3.8) is 0 Å². The number of esters is 2. The van der Waals surface area contributed by atoms with Crippen LogP contribution in [0.15, 0.2) is 0 Å². The molecule has 1 heterocycles. The van der Waals surface area contributed by atoms with Gasteiger partial charge in [0, 0.05) is 25.7 Å². The second-order valence-electron chi connectivity index (χ2n) is 14.0. The molecule has 37 heavy (non-hydrogen) atoms. The monoisotopic (exact) mass is 518 g/mol. The van der Waals surface area contributed by atoms with Crippen molar-refractivity contribution in [1.29, 1.82) is 0 Å². The summed E-state index contributed by atoms with van der Waals surface area (Å²) in [5.74, 6) is 2.76. The Kier molecular flexibility index (Phi) is 7.74. The molecule has 0 spiro atoms. The summed E-state index contributed by atoms with van der Waals surface area (Å²) < 4.78 is 17.1. The van der Waals surface area contributed by atoms with Crippen molar-refractivity contribution in [2.75, 3.05) is 13.2 Å². The van der Waals surface area contributed by atoms with E-state index in [1.807, 2.05) is 0 Å². The number of hydrogen-bond acceptors (Lipinski definition) is 6. The molecule has 0 aromatic carbocycles. The Hall–Kier alpha value is -1.14. The summed E-state index contributed by atoms with van der Waals surface area (Å²) >= 11 is 0. The van der Waals surface area contributed by atoms with Crippen molar-refractivity contribution < 1.29 is 28.9 Å². The maximum atomic E-state index is 12.3.